The lowest BCUT2D eigenvalue weighted by Gasteiger charge is -2.33. The van der Waals surface area contributed by atoms with Crippen molar-refractivity contribution in [2.75, 3.05) is 26.2 Å². The summed E-state index contributed by atoms with van der Waals surface area (Å²) in [4.78, 5) is 18.1. The topological polar surface area (TPSA) is 70.6 Å². The highest BCUT2D eigenvalue weighted by molar-refractivity contribution is 9.10. The highest BCUT2D eigenvalue weighted by Crippen LogP contribution is 2.22. The van der Waals surface area contributed by atoms with E-state index in [-0.39, 0.29) is 5.91 Å². The molecule has 0 unspecified atom stereocenters. The van der Waals surface area contributed by atoms with Crippen LogP contribution in [0.15, 0.2) is 44.7 Å². The summed E-state index contributed by atoms with van der Waals surface area (Å²) in [6, 6.07) is 5.03. The first kappa shape index (κ1) is 16.6. The zero-order valence-electron chi connectivity index (χ0n) is 12.1. The second-order valence-corrected chi connectivity index (χ2v) is 9.05. The molecular formula is C14H14BrN3O3S2. The number of hydrogen-bond acceptors (Lipinski definition) is 5. The van der Waals surface area contributed by atoms with Crippen LogP contribution in [0.1, 0.15) is 10.4 Å². The van der Waals surface area contributed by atoms with Crippen LogP contribution in [0.3, 0.4) is 0 Å². The fourth-order valence-electron chi connectivity index (χ4n) is 2.38. The standard InChI is InChI=1S/C14H14BrN3O3S2/c15-12-8-11(9-16-10-12)14(19)17-3-5-18(6-4-17)23(20,21)13-2-1-7-22-13/h1-2,7-10H,3-6H2. The maximum Gasteiger partial charge on any atom is 0.255 e. The largest absolute Gasteiger partial charge is 0.336 e. The Morgan fingerprint density at radius 1 is 1.22 bits per heavy atom. The number of piperazine rings is 1. The highest BCUT2D eigenvalue weighted by Gasteiger charge is 2.31. The van der Waals surface area contributed by atoms with E-state index in [1.54, 1.807) is 34.7 Å². The first-order chi connectivity index (χ1) is 11.0. The molecule has 1 saturated heterocycles. The highest BCUT2D eigenvalue weighted by atomic mass is 79.9. The molecule has 1 fully saturated rings. The number of carbonyl (C=O) groups is 1. The molecule has 9 heteroatoms. The average molecular weight is 416 g/mol. The Labute approximate surface area is 146 Å². The molecular weight excluding hydrogens is 402 g/mol. The molecule has 0 atom stereocenters. The lowest BCUT2D eigenvalue weighted by Crippen LogP contribution is -2.50. The van der Waals surface area contributed by atoms with Crippen LogP contribution in [-0.4, -0.2) is 54.7 Å². The summed E-state index contributed by atoms with van der Waals surface area (Å²) in [7, 11) is -3.45. The van der Waals surface area contributed by atoms with Crippen molar-refractivity contribution in [3.8, 4) is 0 Å². The SMILES string of the molecule is O=C(c1cncc(Br)c1)N1CCN(S(=O)(=O)c2cccs2)CC1. The van der Waals surface area contributed by atoms with Crippen LogP contribution >= 0.6 is 27.3 Å². The van der Waals surface area contributed by atoms with Gasteiger partial charge in [0.05, 0.1) is 5.56 Å². The molecule has 0 aromatic carbocycles. The van der Waals surface area contributed by atoms with Gasteiger partial charge in [0.1, 0.15) is 4.21 Å². The molecule has 3 rings (SSSR count). The summed E-state index contributed by atoms with van der Waals surface area (Å²) in [5, 5.41) is 1.74. The van der Waals surface area contributed by atoms with Crippen molar-refractivity contribution in [3.05, 3.63) is 46.0 Å². The van der Waals surface area contributed by atoms with Crippen molar-refractivity contribution in [1.29, 1.82) is 0 Å². The summed E-state index contributed by atoms with van der Waals surface area (Å²) in [5.41, 5.74) is 0.494. The van der Waals surface area contributed by atoms with Crippen LogP contribution in [-0.2, 0) is 10.0 Å². The molecule has 0 spiro atoms. The first-order valence-electron chi connectivity index (χ1n) is 6.92. The maximum absolute atomic E-state index is 12.5. The van der Waals surface area contributed by atoms with Crippen LogP contribution in [0.5, 0.6) is 0 Å². The Morgan fingerprint density at radius 2 is 1.96 bits per heavy atom. The van der Waals surface area contributed by atoms with Crippen LogP contribution in [0.25, 0.3) is 0 Å². The summed E-state index contributed by atoms with van der Waals surface area (Å²) in [6.45, 7) is 1.34. The zero-order chi connectivity index (χ0) is 16.4. The molecule has 3 heterocycles. The molecule has 0 N–H and O–H groups in total. The van der Waals surface area contributed by atoms with Crippen molar-refractivity contribution < 1.29 is 13.2 Å². The average Bonchev–Trinajstić information content (AvgIpc) is 3.09. The molecule has 0 aliphatic carbocycles. The molecule has 2 aromatic heterocycles. The van der Waals surface area contributed by atoms with Gasteiger partial charge in [-0.25, -0.2) is 8.42 Å². The predicted octanol–water partition coefficient (Wildman–Crippen LogP) is 2.05. The van der Waals surface area contributed by atoms with Crippen molar-refractivity contribution >= 4 is 43.2 Å². The van der Waals surface area contributed by atoms with Gasteiger partial charge >= 0.3 is 0 Å². The number of nitrogens with zero attached hydrogens (tertiary/aromatic N) is 3. The summed E-state index contributed by atoms with van der Waals surface area (Å²) in [6.07, 6.45) is 3.13. The lowest BCUT2D eigenvalue weighted by molar-refractivity contribution is 0.0697. The van der Waals surface area contributed by atoms with E-state index in [9.17, 15) is 13.2 Å². The number of amides is 1. The minimum atomic E-state index is -3.45. The van der Waals surface area contributed by atoms with Crippen LogP contribution < -0.4 is 0 Å². The van der Waals surface area contributed by atoms with Crippen LogP contribution in [0.2, 0.25) is 0 Å². The molecule has 1 aliphatic heterocycles. The molecule has 23 heavy (non-hydrogen) atoms. The van der Waals surface area contributed by atoms with Crippen molar-refractivity contribution in [1.82, 2.24) is 14.2 Å². The fraction of sp³-hybridized carbons (Fsp3) is 0.286. The second kappa shape index (κ2) is 6.68. The molecule has 0 radical (unpaired) electrons. The van der Waals surface area contributed by atoms with Gasteiger partial charge in [-0.3, -0.25) is 9.78 Å². The number of hydrogen-bond donors (Lipinski definition) is 0. The number of aromatic nitrogens is 1. The van der Waals surface area contributed by atoms with Gasteiger partial charge in [0.15, 0.2) is 0 Å². The van der Waals surface area contributed by atoms with E-state index in [4.69, 9.17) is 0 Å². The van der Waals surface area contributed by atoms with Crippen molar-refractivity contribution in [3.63, 3.8) is 0 Å². The molecule has 2 aromatic rings. The predicted molar refractivity (Wildman–Crippen MR) is 90.9 cm³/mol. The first-order valence-corrected chi connectivity index (χ1v) is 10.0. The van der Waals surface area contributed by atoms with Gasteiger partial charge in [0.25, 0.3) is 15.9 Å². The maximum atomic E-state index is 12.5. The molecule has 0 bridgehead atoms. The number of halogens is 1. The number of thiophene rings is 1. The van der Waals surface area contributed by atoms with Gasteiger partial charge < -0.3 is 4.90 Å². The van der Waals surface area contributed by atoms with E-state index in [0.717, 1.165) is 4.47 Å². The fourth-order valence-corrected chi connectivity index (χ4v) is 5.31. The Balaban J connectivity index is 1.68. The normalized spacial score (nSPS) is 16.5. The summed E-state index contributed by atoms with van der Waals surface area (Å²) >= 11 is 4.50. The summed E-state index contributed by atoms with van der Waals surface area (Å²) < 4.78 is 27.4. The minimum Gasteiger partial charge on any atom is -0.336 e. The zero-order valence-corrected chi connectivity index (χ0v) is 15.3. The third-order valence-electron chi connectivity index (χ3n) is 3.57. The van der Waals surface area contributed by atoms with E-state index in [2.05, 4.69) is 20.9 Å². The van der Waals surface area contributed by atoms with Gasteiger partial charge in [-0.2, -0.15) is 4.31 Å². The lowest BCUT2D eigenvalue weighted by atomic mass is 10.2. The van der Waals surface area contributed by atoms with E-state index in [1.807, 2.05) is 0 Å². The van der Waals surface area contributed by atoms with Crippen LogP contribution in [0, 0.1) is 0 Å². The van der Waals surface area contributed by atoms with Crippen LogP contribution in [0.4, 0.5) is 0 Å². The Kier molecular flexibility index (Phi) is 4.81. The smallest absolute Gasteiger partial charge is 0.255 e. The number of sulfonamides is 1. The summed E-state index contributed by atoms with van der Waals surface area (Å²) in [5.74, 6) is -0.132. The third kappa shape index (κ3) is 3.47. The third-order valence-corrected chi connectivity index (χ3v) is 7.27. The van der Waals surface area contributed by atoms with Gasteiger partial charge in [-0.05, 0) is 33.4 Å². The molecule has 1 aliphatic rings. The number of pyridine rings is 1. The van der Waals surface area contributed by atoms with Gasteiger partial charge in [-0.1, -0.05) is 6.07 Å². The van der Waals surface area contributed by atoms with Gasteiger partial charge in [0.2, 0.25) is 0 Å². The molecule has 122 valence electrons. The monoisotopic (exact) mass is 415 g/mol. The number of carbonyl (C=O) groups excluding carboxylic acids is 1. The molecule has 0 saturated carbocycles. The quantitative estimate of drug-likeness (QED) is 0.768. The minimum absolute atomic E-state index is 0.132. The second-order valence-electron chi connectivity index (χ2n) is 5.02. The van der Waals surface area contributed by atoms with Gasteiger partial charge in [0, 0.05) is 43.0 Å². The Bertz CT molecular complexity index is 800. The van der Waals surface area contributed by atoms with E-state index >= 15 is 0 Å². The number of rotatable bonds is 3. The van der Waals surface area contributed by atoms with E-state index < -0.39 is 10.0 Å². The van der Waals surface area contributed by atoms with Crippen molar-refractivity contribution in [2.24, 2.45) is 0 Å². The van der Waals surface area contributed by atoms with E-state index in [0.29, 0.717) is 36.0 Å². The molecule has 1 amide bonds. The Hall–Kier alpha value is -1.29. The van der Waals surface area contributed by atoms with E-state index in [1.165, 1.54) is 21.8 Å². The molecule has 6 nitrogen and oxygen atoms in total. The Morgan fingerprint density at radius 3 is 2.57 bits per heavy atom. The van der Waals surface area contributed by atoms with Crippen molar-refractivity contribution in [2.45, 2.75) is 4.21 Å². The van der Waals surface area contributed by atoms with Gasteiger partial charge in [-0.15, -0.1) is 11.3 Å².